The van der Waals surface area contributed by atoms with Gasteiger partial charge in [-0.05, 0) is 35.7 Å². The van der Waals surface area contributed by atoms with Gasteiger partial charge in [-0.2, -0.15) is 0 Å². The van der Waals surface area contributed by atoms with Crippen molar-refractivity contribution in [3.63, 3.8) is 0 Å². The topological polar surface area (TPSA) is 62.3 Å². The Kier molecular flexibility index (Phi) is 4.88. The van der Waals surface area contributed by atoms with E-state index in [1.165, 1.54) is 12.1 Å². The first kappa shape index (κ1) is 16.8. The lowest BCUT2D eigenvalue weighted by Crippen LogP contribution is -2.33. The summed E-state index contributed by atoms with van der Waals surface area (Å²) in [6.45, 7) is 0.432. The zero-order valence-electron chi connectivity index (χ0n) is 13.8. The predicted octanol–water partition coefficient (Wildman–Crippen LogP) is 2.54. The number of benzene rings is 1. The number of amides is 2. The molecular formula is C19H18FN3O2. The molecule has 0 unspecified atom stereocenters. The minimum atomic E-state index is -0.313. The summed E-state index contributed by atoms with van der Waals surface area (Å²) in [7, 11) is 1.70. The zero-order chi connectivity index (χ0) is 17.8. The molecule has 1 aromatic carbocycles. The normalized spacial score (nSPS) is 14.2. The monoisotopic (exact) mass is 339 g/mol. The van der Waals surface area contributed by atoms with Crippen molar-refractivity contribution in [2.24, 2.45) is 0 Å². The van der Waals surface area contributed by atoms with E-state index in [9.17, 15) is 14.0 Å². The summed E-state index contributed by atoms with van der Waals surface area (Å²) in [4.78, 5) is 29.7. The highest BCUT2D eigenvalue weighted by molar-refractivity contribution is 6.06. The molecule has 0 saturated carbocycles. The molecule has 0 atom stereocenters. The van der Waals surface area contributed by atoms with Gasteiger partial charge in [-0.1, -0.05) is 24.3 Å². The van der Waals surface area contributed by atoms with E-state index in [-0.39, 0.29) is 24.1 Å². The van der Waals surface area contributed by atoms with Crippen LogP contribution in [-0.4, -0.2) is 35.3 Å². The molecule has 128 valence electrons. The molecule has 3 rings (SSSR count). The van der Waals surface area contributed by atoms with E-state index >= 15 is 0 Å². The van der Waals surface area contributed by atoms with Gasteiger partial charge >= 0.3 is 0 Å². The zero-order valence-corrected chi connectivity index (χ0v) is 13.8. The first-order valence-electron chi connectivity index (χ1n) is 7.95. The number of hydrogen-bond acceptors (Lipinski definition) is 3. The van der Waals surface area contributed by atoms with Gasteiger partial charge in [-0.15, -0.1) is 0 Å². The number of hydrogen-bond donors (Lipinski definition) is 1. The third-order valence-corrected chi connectivity index (χ3v) is 4.03. The summed E-state index contributed by atoms with van der Waals surface area (Å²) >= 11 is 0. The Labute approximate surface area is 145 Å². The number of likely N-dealkylation sites (N-methyl/N-ethyl adjacent to an activating group) is 1. The van der Waals surface area contributed by atoms with Crippen LogP contribution in [0, 0.1) is 5.82 Å². The molecule has 1 aliphatic rings. The van der Waals surface area contributed by atoms with E-state index < -0.39 is 0 Å². The van der Waals surface area contributed by atoms with E-state index in [0.29, 0.717) is 24.4 Å². The number of anilines is 1. The molecule has 25 heavy (non-hydrogen) atoms. The summed E-state index contributed by atoms with van der Waals surface area (Å²) in [5.74, 6) is -0.242. The Morgan fingerprint density at radius 3 is 2.80 bits per heavy atom. The Morgan fingerprint density at radius 1 is 1.28 bits per heavy atom. The van der Waals surface area contributed by atoms with Gasteiger partial charge in [0.25, 0.3) is 5.91 Å². The van der Waals surface area contributed by atoms with Crippen LogP contribution in [0.2, 0.25) is 0 Å². The SMILES string of the molecule is CN1CC=C(C(=O)Nc2ccc(Cc3cccc(F)c3)cn2)CC1=O. The molecule has 0 radical (unpaired) electrons. The molecule has 2 amide bonds. The number of carbonyl (C=O) groups excluding carboxylic acids is 2. The van der Waals surface area contributed by atoms with Gasteiger partial charge in [-0.25, -0.2) is 9.37 Å². The van der Waals surface area contributed by atoms with E-state index in [1.807, 2.05) is 12.1 Å². The first-order valence-corrected chi connectivity index (χ1v) is 7.95. The number of carbonyl (C=O) groups is 2. The highest BCUT2D eigenvalue weighted by atomic mass is 19.1. The summed E-state index contributed by atoms with van der Waals surface area (Å²) in [5.41, 5.74) is 2.22. The van der Waals surface area contributed by atoms with Crippen molar-refractivity contribution in [2.75, 3.05) is 18.9 Å². The lowest BCUT2D eigenvalue weighted by molar-refractivity contribution is -0.130. The largest absolute Gasteiger partial charge is 0.342 e. The number of aromatic nitrogens is 1. The fourth-order valence-electron chi connectivity index (χ4n) is 2.57. The molecule has 0 bridgehead atoms. The quantitative estimate of drug-likeness (QED) is 0.931. The second-order valence-electron chi connectivity index (χ2n) is 5.99. The maximum Gasteiger partial charge on any atom is 0.253 e. The lowest BCUT2D eigenvalue weighted by atomic mass is 10.1. The summed E-state index contributed by atoms with van der Waals surface area (Å²) in [5, 5.41) is 2.70. The number of rotatable bonds is 4. The third kappa shape index (κ3) is 4.29. The van der Waals surface area contributed by atoms with Crippen LogP contribution in [0.4, 0.5) is 10.2 Å². The number of nitrogens with zero attached hydrogens (tertiary/aromatic N) is 2. The van der Waals surface area contributed by atoms with Crippen LogP contribution in [0.1, 0.15) is 17.5 Å². The van der Waals surface area contributed by atoms with E-state index in [2.05, 4.69) is 10.3 Å². The number of halogens is 1. The summed E-state index contributed by atoms with van der Waals surface area (Å²) in [6.07, 6.45) is 4.05. The van der Waals surface area contributed by atoms with Crippen molar-refractivity contribution in [3.8, 4) is 0 Å². The Morgan fingerprint density at radius 2 is 2.12 bits per heavy atom. The van der Waals surface area contributed by atoms with E-state index in [4.69, 9.17) is 0 Å². The molecule has 2 aromatic rings. The van der Waals surface area contributed by atoms with Crippen molar-refractivity contribution in [1.29, 1.82) is 0 Å². The van der Waals surface area contributed by atoms with Crippen molar-refractivity contribution in [2.45, 2.75) is 12.8 Å². The Balaban J connectivity index is 1.63. The van der Waals surface area contributed by atoms with E-state index in [1.54, 1.807) is 36.4 Å². The summed E-state index contributed by atoms with van der Waals surface area (Å²) < 4.78 is 13.2. The van der Waals surface area contributed by atoms with Gasteiger partial charge in [-0.3, -0.25) is 9.59 Å². The molecule has 0 spiro atoms. The molecule has 1 aromatic heterocycles. The Hall–Kier alpha value is -3.02. The Bertz CT molecular complexity index is 831. The minimum Gasteiger partial charge on any atom is -0.342 e. The summed E-state index contributed by atoms with van der Waals surface area (Å²) in [6, 6.07) is 9.94. The molecular weight excluding hydrogens is 321 g/mol. The fourth-order valence-corrected chi connectivity index (χ4v) is 2.57. The first-order chi connectivity index (χ1) is 12.0. The lowest BCUT2D eigenvalue weighted by Gasteiger charge is -2.21. The molecule has 2 heterocycles. The van der Waals surface area contributed by atoms with Crippen molar-refractivity contribution >= 4 is 17.6 Å². The number of nitrogens with one attached hydrogen (secondary N) is 1. The highest BCUT2D eigenvalue weighted by Gasteiger charge is 2.21. The second-order valence-corrected chi connectivity index (χ2v) is 5.99. The minimum absolute atomic E-state index is 0.0777. The molecule has 0 aliphatic carbocycles. The van der Waals surface area contributed by atoms with Crippen molar-refractivity contribution in [1.82, 2.24) is 9.88 Å². The standard InChI is InChI=1S/C19H18FN3O2/c1-23-8-7-15(11-18(23)24)19(25)22-17-6-5-14(12-21-17)9-13-3-2-4-16(20)10-13/h2-7,10,12H,8-9,11H2,1H3,(H,21,22,25). The average Bonchev–Trinajstić information content (AvgIpc) is 2.59. The third-order valence-electron chi connectivity index (χ3n) is 4.03. The molecule has 5 nitrogen and oxygen atoms in total. The van der Waals surface area contributed by atoms with Crippen LogP contribution >= 0.6 is 0 Å². The van der Waals surface area contributed by atoms with E-state index in [0.717, 1.165) is 11.1 Å². The molecule has 0 saturated heterocycles. The molecule has 1 aliphatic heterocycles. The molecule has 6 heteroatoms. The highest BCUT2D eigenvalue weighted by Crippen LogP contribution is 2.15. The van der Waals surface area contributed by atoms with Crippen LogP contribution < -0.4 is 5.32 Å². The van der Waals surface area contributed by atoms with Crippen LogP contribution in [0.25, 0.3) is 0 Å². The maximum atomic E-state index is 13.2. The van der Waals surface area contributed by atoms with Gasteiger partial charge in [0.2, 0.25) is 5.91 Å². The van der Waals surface area contributed by atoms with Crippen LogP contribution in [0.3, 0.4) is 0 Å². The maximum absolute atomic E-state index is 13.2. The van der Waals surface area contributed by atoms with Gasteiger partial charge in [0.15, 0.2) is 0 Å². The van der Waals surface area contributed by atoms with Gasteiger partial charge in [0.1, 0.15) is 11.6 Å². The van der Waals surface area contributed by atoms with Gasteiger partial charge < -0.3 is 10.2 Å². The average molecular weight is 339 g/mol. The fraction of sp³-hybridized carbons (Fsp3) is 0.211. The number of pyridine rings is 1. The van der Waals surface area contributed by atoms with Crippen molar-refractivity contribution < 1.29 is 14.0 Å². The van der Waals surface area contributed by atoms with Crippen molar-refractivity contribution in [3.05, 3.63) is 71.2 Å². The predicted molar refractivity (Wildman–Crippen MR) is 92.4 cm³/mol. The van der Waals surface area contributed by atoms with Crippen LogP contribution in [0.15, 0.2) is 54.2 Å². The molecule has 1 N–H and O–H groups in total. The smallest absolute Gasteiger partial charge is 0.253 e. The van der Waals surface area contributed by atoms with Crippen LogP contribution in [-0.2, 0) is 16.0 Å². The van der Waals surface area contributed by atoms with Crippen LogP contribution in [0.5, 0.6) is 0 Å². The second kappa shape index (κ2) is 7.25. The van der Waals surface area contributed by atoms with Gasteiger partial charge in [0.05, 0.1) is 6.42 Å². The van der Waals surface area contributed by atoms with Gasteiger partial charge in [0, 0.05) is 25.4 Å². The molecule has 0 fully saturated rings.